The van der Waals surface area contributed by atoms with Gasteiger partial charge in [0.25, 0.3) is 0 Å². The Kier molecular flexibility index (Phi) is 4.61. The highest BCUT2D eigenvalue weighted by Crippen LogP contribution is 2.14. The Hall–Kier alpha value is -2.03. The van der Waals surface area contributed by atoms with E-state index in [0.29, 0.717) is 12.8 Å². The van der Waals surface area contributed by atoms with Gasteiger partial charge in [-0.15, -0.1) is 0 Å². The summed E-state index contributed by atoms with van der Waals surface area (Å²) < 4.78 is 26.5. The number of carbonyl (C=O) groups excluding carboxylic acids is 1. The fourth-order valence-corrected chi connectivity index (χ4v) is 2.15. The smallest absolute Gasteiger partial charge is 0.162 e. The highest BCUT2D eigenvalue weighted by Gasteiger charge is 2.12. The van der Waals surface area contributed by atoms with Crippen LogP contribution in [0.5, 0.6) is 0 Å². The summed E-state index contributed by atoms with van der Waals surface area (Å²) in [7, 11) is 0. The van der Waals surface area contributed by atoms with E-state index in [0.717, 1.165) is 17.2 Å². The van der Waals surface area contributed by atoms with Crippen LogP contribution in [0.3, 0.4) is 0 Å². The van der Waals surface area contributed by atoms with Crippen LogP contribution in [-0.2, 0) is 17.6 Å². The largest absolute Gasteiger partial charge is 0.299 e. The lowest BCUT2D eigenvalue weighted by Gasteiger charge is -2.06. The standard InChI is InChI=1S/C17H16F2O/c1-12-5-2-3-6-13(12)9-10-15(20)11-14-7-4-8-16(18)17(14)19/h2-8H,9-11H2,1H3. The van der Waals surface area contributed by atoms with Crippen molar-refractivity contribution >= 4 is 5.78 Å². The molecule has 0 radical (unpaired) electrons. The molecule has 0 unspecified atom stereocenters. The van der Waals surface area contributed by atoms with Crippen molar-refractivity contribution in [1.29, 1.82) is 0 Å². The molecule has 0 heterocycles. The molecular weight excluding hydrogens is 258 g/mol. The minimum absolute atomic E-state index is 0.0600. The van der Waals surface area contributed by atoms with E-state index in [1.54, 1.807) is 0 Å². The van der Waals surface area contributed by atoms with Crippen molar-refractivity contribution in [3.8, 4) is 0 Å². The molecule has 0 fully saturated rings. The van der Waals surface area contributed by atoms with Crippen LogP contribution in [0.1, 0.15) is 23.1 Å². The number of ketones is 1. The molecule has 0 aliphatic rings. The molecule has 3 heteroatoms. The third-order valence-electron chi connectivity index (χ3n) is 3.35. The van der Waals surface area contributed by atoms with Crippen molar-refractivity contribution in [3.05, 3.63) is 70.8 Å². The van der Waals surface area contributed by atoms with Gasteiger partial charge in [-0.3, -0.25) is 4.79 Å². The maximum Gasteiger partial charge on any atom is 0.162 e. The maximum atomic E-state index is 13.5. The van der Waals surface area contributed by atoms with Crippen LogP contribution in [0.25, 0.3) is 0 Å². The molecule has 0 spiro atoms. The Morgan fingerprint density at radius 3 is 2.45 bits per heavy atom. The molecule has 0 saturated carbocycles. The third-order valence-corrected chi connectivity index (χ3v) is 3.35. The Balaban J connectivity index is 1.96. The van der Waals surface area contributed by atoms with E-state index < -0.39 is 11.6 Å². The lowest BCUT2D eigenvalue weighted by molar-refractivity contribution is -0.118. The van der Waals surface area contributed by atoms with Crippen LogP contribution >= 0.6 is 0 Å². The average Bonchev–Trinajstić information content (AvgIpc) is 2.43. The fourth-order valence-electron chi connectivity index (χ4n) is 2.15. The highest BCUT2D eigenvalue weighted by atomic mass is 19.2. The molecule has 2 aromatic carbocycles. The molecule has 0 aliphatic carbocycles. The van der Waals surface area contributed by atoms with Crippen LogP contribution in [0.2, 0.25) is 0 Å². The average molecular weight is 274 g/mol. The van der Waals surface area contributed by atoms with Crippen molar-refractivity contribution in [2.45, 2.75) is 26.2 Å². The molecule has 0 aliphatic heterocycles. The van der Waals surface area contributed by atoms with Crippen LogP contribution in [0.4, 0.5) is 8.78 Å². The summed E-state index contributed by atoms with van der Waals surface area (Å²) in [5.41, 5.74) is 2.37. The molecule has 20 heavy (non-hydrogen) atoms. The quantitative estimate of drug-likeness (QED) is 0.805. The van der Waals surface area contributed by atoms with Crippen LogP contribution < -0.4 is 0 Å². The summed E-state index contributed by atoms with van der Waals surface area (Å²) in [5.74, 6) is -1.91. The molecule has 1 nitrogen and oxygen atoms in total. The van der Waals surface area contributed by atoms with Gasteiger partial charge in [0.15, 0.2) is 11.6 Å². The Morgan fingerprint density at radius 2 is 1.70 bits per heavy atom. The van der Waals surface area contributed by atoms with Crippen LogP contribution in [0.15, 0.2) is 42.5 Å². The molecule has 0 bridgehead atoms. The number of halogens is 2. The third kappa shape index (κ3) is 3.50. The van der Waals surface area contributed by atoms with Gasteiger partial charge in [-0.05, 0) is 36.1 Å². The number of Topliss-reactive ketones (excluding diaryl/α,β-unsaturated/α-hetero) is 1. The number of aryl methyl sites for hydroxylation is 2. The highest BCUT2D eigenvalue weighted by molar-refractivity contribution is 5.81. The Morgan fingerprint density at radius 1 is 1.00 bits per heavy atom. The second-order valence-corrected chi connectivity index (χ2v) is 4.85. The zero-order valence-corrected chi connectivity index (χ0v) is 11.3. The summed E-state index contributed by atoms with van der Waals surface area (Å²) in [6.07, 6.45) is 0.902. The summed E-state index contributed by atoms with van der Waals surface area (Å²) in [6.45, 7) is 1.99. The van der Waals surface area contributed by atoms with Gasteiger partial charge in [0.1, 0.15) is 5.78 Å². The molecule has 2 aromatic rings. The van der Waals surface area contributed by atoms with Crippen LogP contribution in [0, 0.1) is 18.6 Å². The molecule has 0 atom stereocenters. The SMILES string of the molecule is Cc1ccccc1CCC(=O)Cc1cccc(F)c1F. The minimum atomic E-state index is -0.920. The van der Waals surface area contributed by atoms with E-state index in [4.69, 9.17) is 0 Å². The minimum Gasteiger partial charge on any atom is -0.299 e. The number of benzene rings is 2. The molecular formula is C17H16F2O. The lowest BCUT2D eigenvalue weighted by atomic mass is 9.99. The number of rotatable bonds is 5. The molecule has 0 N–H and O–H groups in total. The predicted molar refractivity (Wildman–Crippen MR) is 74.6 cm³/mol. The van der Waals surface area contributed by atoms with E-state index in [-0.39, 0.29) is 17.8 Å². The fraction of sp³-hybridized carbons (Fsp3) is 0.235. The van der Waals surface area contributed by atoms with Gasteiger partial charge >= 0.3 is 0 Å². The van der Waals surface area contributed by atoms with Crippen molar-refractivity contribution in [2.75, 3.05) is 0 Å². The first-order valence-corrected chi connectivity index (χ1v) is 6.57. The zero-order valence-electron chi connectivity index (χ0n) is 11.3. The first-order chi connectivity index (χ1) is 9.58. The first kappa shape index (κ1) is 14.4. The van der Waals surface area contributed by atoms with Gasteiger partial charge in [-0.2, -0.15) is 0 Å². The monoisotopic (exact) mass is 274 g/mol. The van der Waals surface area contributed by atoms with Crippen molar-refractivity contribution < 1.29 is 13.6 Å². The van der Waals surface area contributed by atoms with Crippen molar-refractivity contribution in [1.82, 2.24) is 0 Å². The number of hydrogen-bond acceptors (Lipinski definition) is 1. The normalized spacial score (nSPS) is 10.6. The summed E-state index contributed by atoms with van der Waals surface area (Å²) in [5, 5.41) is 0. The van der Waals surface area contributed by atoms with Gasteiger partial charge in [0.05, 0.1) is 0 Å². The summed E-state index contributed by atoms with van der Waals surface area (Å²) in [4.78, 5) is 11.9. The number of carbonyl (C=O) groups is 1. The van der Waals surface area contributed by atoms with Gasteiger partial charge in [0, 0.05) is 12.8 Å². The predicted octanol–water partition coefficient (Wildman–Crippen LogP) is 4.02. The van der Waals surface area contributed by atoms with Crippen LogP contribution in [-0.4, -0.2) is 5.78 Å². The molecule has 0 amide bonds. The van der Waals surface area contributed by atoms with E-state index in [9.17, 15) is 13.6 Å². The van der Waals surface area contributed by atoms with E-state index in [2.05, 4.69) is 0 Å². The molecule has 2 rings (SSSR count). The van der Waals surface area contributed by atoms with Crippen molar-refractivity contribution in [2.24, 2.45) is 0 Å². The second kappa shape index (κ2) is 6.42. The Labute approximate surface area is 117 Å². The lowest BCUT2D eigenvalue weighted by Crippen LogP contribution is -2.07. The van der Waals surface area contributed by atoms with Crippen molar-refractivity contribution in [3.63, 3.8) is 0 Å². The summed E-state index contributed by atoms with van der Waals surface area (Å²) in [6, 6.07) is 11.8. The van der Waals surface area contributed by atoms with Gasteiger partial charge in [-0.1, -0.05) is 36.4 Å². The summed E-state index contributed by atoms with van der Waals surface area (Å²) >= 11 is 0. The molecule has 0 saturated heterocycles. The van der Waals surface area contributed by atoms with E-state index in [1.165, 1.54) is 12.1 Å². The number of hydrogen-bond donors (Lipinski definition) is 0. The van der Waals surface area contributed by atoms with E-state index in [1.807, 2.05) is 31.2 Å². The molecule has 104 valence electrons. The first-order valence-electron chi connectivity index (χ1n) is 6.57. The maximum absolute atomic E-state index is 13.5. The zero-order chi connectivity index (χ0) is 14.5. The Bertz CT molecular complexity index is 620. The van der Waals surface area contributed by atoms with E-state index >= 15 is 0 Å². The van der Waals surface area contributed by atoms with Gasteiger partial charge < -0.3 is 0 Å². The van der Waals surface area contributed by atoms with Gasteiger partial charge in [-0.25, -0.2) is 8.78 Å². The second-order valence-electron chi connectivity index (χ2n) is 4.85. The topological polar surface area (TPSA) is 17.1 Å². The van der Waals surface area contributed by atoms with Gasteiger partial charge in [0.2, 0.25) is 0 Å². The molecule has 0 aromatic heterocycles.